The molecule has 1 aliphatic rings. The number of phenolic OH excluding ortho intramolecular Hbond substituents is 2. The molecule has 0 aliphatic carbocycles. The van der Waals surface area contributed by atoms with E-state index in [-0.39, 0.29) is 17.4 Å². The topological polar surface area (TPSA) is 43.7 Å². The number of rotatable bonds is 5. The maximum atomic E-state index is 10.1. The molecular weight excluding hydrogens is 310 g/mol. The summed E-state index contributed by atoms with van der Waals surface area (Å²) < 4.78 is 0. The average Bonchev–Trinajstić information content (AvgIpc) is 2.63. The second-order valence-corrected chi connectivity index (χ2v) is 7.42. The Morgan fingerprint density at radius 3 is 2.40 bits per heavy atom. The zero-order chi connectivity index (χ0) is 17.8. The molecular formula is C22H29NO2. The van der Waals surface area contributed by atoms with Gasteiger partial charge in [0, 0.05) is 12.1 Å². The van der Waals surface area contributed by atoms with Crippen LogP contribution in [0, 0.1) is 12.8 Å². The predicted octanol–water partition coefficient (Wildman–Crippen LogP) is 4.46. The average molecular weight is 339 g/mol. The number of hydrogen-bond acceptors (Lipinski definition) is 3. The number of aryl methyl sites for hydroxylation is 1. The van der Waals surface area contributed by atoms with Crippen LogP contribution < -0.4 is 0 Å². The van der Waals surface area contributed by atoms with Gasteiger partial charge in [0.15, 0.2) is 11.5 Å². The molecule has 1 atom stereocenters. The van der Waals surface area contributed by atoms with Gasteiger partial charge in [-0.05, 0) is 62.7 Å². The zero-order valence-electron chi connectivity index (χ0n) is 15.3. The predicted molar refractivity (Wildman–Crippen MR) is 102 cm³/mol. The van der Waals surface area contributed by atoms with Gasteiger partial charge in [-0.2, -0.15) is 0 Å². The third-order valence-corrected chi connectivity index (χ3v) is 5.71. The Labute approximate surface area is 150 Å². The highest BCUT2D eigenvalue weighted by Crippen LogP contribution is 2.39. The molecule has 0 radical (unpaired) electrons. The molecule has 3 nitrogen and oxygen atoms in total. The van der Waals surface area contributed by atoms with Gasteiger partial charge in [-0.15, -0.1) is 0 Å². The van der Waals surface area contributed by atoms with Crippen molar-refractivity contribution in [2.24, 2.45) is 5.92 Å². The lowest BCUT2D eigenvalue weighted by Gasteiger charge is -2.35. The molecule has 2 N–H and O–H groups in total. The Kier molecular flexibility index (Phi) is 5.64. The maximum Gasteiger partial charge on any atom is 0.160 e. The van der Waals surface area contributed by atoms with E-state index in [2.05, 4.69) is 43.0 Å². The summed E-state index contributed by atoms with van der Waals surface area (Å²) in [6.45, 7) is 7.63. The van der Waals surface area contributed by atoms with Crippen LogP contribution in [0.15, 0.2) is 42.5 Å². The van der Waals surface area contributed by atoms with E-state index in [1.54, 1.807) is 6.07 Å². The molecule has 25 heavy (non-hydrogen) atoms. The van der Waals surface area contributed by atoms with Crippen molar-refractivity contribution in [3.63, 3.8) is 0 Å². The van der Waals surface area contributed by atoms with Crippen molar-refractivity contribution in [1.82, 2.24) is 4.90 Å². The summed E-state index contributed by atoms with van der Waals surface area (Å²) in [5.74, 6) is 0.867. The lowest BCUT2D eigenvalue weighted by Crippen LogP contribution is -2.36. The third-order valence-electron chi connectivity index (χ3n) is 5.71. The molecule has 2 aromatic rings. The van der Waals surface area contributed by atoms with E-state index in [9.17, 15) is 10.2 Å². The lowest BCUT2D eigenvalue weighted by atomic mass is 9.81. The van der Waals surface area contributed by atoms with Gasteiger partial charge < -0.3 is 15.1 Å². The van der Waals surface area contributed by atoms with Crippen molar-refractivity contribution in [2.75, 3.05) is 19.6 Å². The molecule has 3 heteroatoms. The minimum atomic E-state index is -0.0140. The fourth-order valence-electron chi connectivity index (χ4n) is 3.89. The summed E-state index contributed by atoms with van der Waals surface area (Å²) >= 11 is 0. The third kappa shape index (κ3) is 4.35. The fraction of sp³-hybridized carbons (Fsp3) is 0.455. The van der Waals surface area contributed by atoms with E-state index in [1.165, 1.54) is 11.1 Å². The van der Waals surface area contributed by atoms with Crippen LogP contribution in [0.5, 0.6) is 11.5 Å². The van der Waals surface area contributed by atoms with Gasteiger partial charge in [0.2, 0.25) is 0 Å². The number of para-hydroxylation sites is 1. The van der Waals surface area contributed by atoms with Gasteiger partial charge in [-0.25, -0.2) is 0 Å². The molecule has 3 rings (SSSR count). The molecule has 1 saturated heterocycles. The molecule has 0 bridgehead atoms. The molecule has 0 spiro atoms. The van der Waals surface area contributed by atoms with Gasteiger partial charge in [0.1, 0.15) is 0 Å². The van der Waals surface area contributed by atoms with Crippen LogP contribution in [-0.4, -0.2) is 34.7 Å². The molecule has 2 aromatic carbocycles. The van der Waals surface area contributed by atoms with Crippen molar-refractivity contribution in [1.29, 1.82) is 0 Å². The highest BCUT2D eigenvalue weighted by atomic mass is 16.3. The van der Waals surface area contributed by atoms with Crippen molar-refractivity contribution in [2.45, 2.75) is 39.0 Å². The number of aromatic hydroxyl groups is 2. The van der Waals surface area contributed by atoms with Crippen LogP contribution in [0.2, 0.25) is 0 Å². The van der Waals surface area contributed by atoms with Crippen molar-refractivity contribution >= 4 is 0 Å². The highest BCUT2D eigenvalue weighted by Gasteiger charge is 2.26. The van der Waals surface area contributed by atoms with Crippen LogP contribution in [0.3, 0.4) is 0 Å². The summed E-state index contributed by atoms with van der Waals surface area (Å²) in [6.07, 6.45) is 3.39. The summed E-state index contributed by atoms with van der Waals surface area (Å²) in [5, 5.41) is 19.8. The number of benzene rings is 2. The molecule has 1 aliphatic heterocycles. The zero-order valence-corrected chi connectivity index (χ0v) is 15.3. The second-order valence-electron chi connectivity index (χ2n) is 7.42. The van der Waals surface area contributed by atoms with Crippen LogP contribution in [-0.2, 0) is 6.42 Å². The number of piperidine rings is 1. The summed E-state index contributed by atoms with van der Waals surface area (Å²) in [5.41, 5.74) is 3.60. The van der Waals surface area contributed by atoms with E-state index < -0.39 is 0 Å². The van der Waals surface area contributed by atoms with Crippen LogP contribution in [0.4, 0.5) is 0 Å². The summed E-state index contributed by atoms with van der Waals surface area (Å²) in [6, 6.07) is 14.1. The first-order valence-corrected chi connectivity index (χ1v) is 9.33. The number of hydrogen-bond donors (Lipinski definition) is 2. The monoisotopic (exact) mass is 339 g/mol. The van der Waals surface area contributed by atoms with Crippen LogP contribution >= 0.6 is 0 Å². The van der Waals surface area contributed by atoms with Gasteiger partial charge in [-0.1, -0.05) is 48.9 Å². The Bertz CT molecular complexity index is 688. The Hall–Kier alpha value is -2.00. The number of nitrogens with zero attached hydrogens (tertiary/aromatic N) is 1. The Morgan fingerprint density at radius 2 is 1.72 bits per heavy atom. The molecule has 1 heterocycles. The molecule has 1 unspecified atom stereocenters. The Morgan fingerprint density at radius 1 is 1.04 bits per heavy atom. The van der Waals surface area contributed by atoms with E-state index >= 15 is 0 Å². The van der Waals surface area contributed by atoms with Gasteiger partial charge in [0.25, 0.3) is 0 Å². The van der Waals surface area contributed by atoms with Crippen LogP contribution in [0.25, 0.3) is 0 Å². The molecule has 0 saturated carbocycles. The molecule has 134 valence electrons. The molecule has 1 fully saturated rings. The van der Waals surface area contributed by atoms with Gasteiger partial charge in [0.05, 0.1) is 0 Å². The van der Waals surface area contributed by atoms with Crippen molar-refractivity contribution < 1.29 is 10.2 Å². The minimum absolute atomic E-state index is 0.0140. The van der Waals surface area contributed by atoms with Crippen molar-refractivity contribution in [3.05, 3.63) is 59.2 Å². The Balaban J connectivity index is 1.51. The van der Waals surface area contributed by atoms with Gasteiger partial charge in [-0.3, -0.25) is 0 Å². The lowest BCUT2D eigenvalue weighted by molar-refractivity contribution is 0.172. The smallest absolute Gasteiger partial charge is 0.160 e. The van der Waals surface area contributed by atoms with E-state index in [1.807, 2.05) is 12.1 Å². The molecule has 0 amide bonds. The molecule has 0 aromatic heterocycles. The maximum absolute atomic E-state index is 10.1. The van der Waals surface area contributed by atoms with E-state index in [0.717, 1.165) is 44.5 Å². The normalized spacial score (nSPS) is 17.5. The number of likely N-dealkylation sites (tertiary alicyclic amines) is 1. The minimum Gasteiger partial charge on any atom is -0.504 e. The first-order valence-electron chi connectivity index (χ1n) is 9.33. The fourth-order valence-corrected chi connectivity index (χ4v) is 3.89. The first kappa shape index (κ1) is 17.8. The quantitative estimate of drug-likeness (QED) is 0.790. The number of phenols is 2. The van der Waals surface area contributed by atoms with Gasteiger partial charge >= 0.3 is 0 Å². The summed E-state index contributed by atoms with van der Waals surface area (Å²) in [7, 11) is 0. The first-order chi connectivity index (χ1) is 12.0. The SMILES string of the molecule is Cc1ccc(CCN2CCC(C(C)c3cccc(O)c3O)CC2)cc1. The van der Waals surface area contributed by atoms with Crippen molar-refractivity contribution in [3.8, 4) is 11.5 Å². The van der Waals surface area contributed by atoms with E-state index in [4.69, 9.17) is 0 Å². The largest absolute Gasteiger partial charge is 0.504 e. The van der Waals surface area contributed by atoms with Crippen LogP contribution in [0.1, 0.15) is 42.4 Å². The highest BCUT2D eigenvalue weighted by molar-refractivity contribution is 5.46. The summed E-state index contributed by atoms with van der Waals surface area (Å²) in [4.78, 5) is 2.55. The standard InChI is InChI=1S/C22H29NO2/c1-16-6-8-18(9-7-16)10-13-23-14-11-19(12-15-23)17(2)20-4-3-5-21(24)22(20)25/h3-9,17,19,24-25H,10-15H2,1-2H3. The second kappa shape index (κ2) is 7.92. The van der Waals surface area contributed by atoms with E-state index in [0.29, 0.717) is 5.92 Å².